The third-order valence-electron chi connectivity index (χ3n) is 5.69. The molecule has 7 nitrogen and oxygen atoms in total. The van der Waals surface area contributed by atoms with Crippen LogP contribution in [0.15, 0.2) is 0 Å². The minimum Gasteiger partial charge on any atom is -0.383 e. The zero-order valence-corrected chi connectivity index (χ0v) is 16.1. The second kappa shape index (κ2) is 9.05. The van der Waals surface area contributed by atoms with Crippen LogP contribution in [0.3, 0.4) is 0 Å². The Kier molecular flexibility index (Phi) is 6.78. The first kappa shape index (κ1) is 18.7. The van der Waals surface area contributed by atoms with Gasteiger partial charge >= 0.3 is 0 Å². The average molecular weight is 351 g/mol. The Morgan fingerprint density at radius 1 is 1.12 bits per heavy atom. The number of methoxy groups -OCH3 is 1. The van der Waals surface area contributed by atoms with Crippen molar-refractivity contribution in [2.24, 2.45) is 5.92 Å². The molecular weight excluding hydrogens is 316 g/mol. The summed E-state index contributed by atoms with van der Waals surface area (Å²) in [6.45, 7) is 10.5. The summed E-state index contributed by atoms with van der Waals surface area (Å²) in [5, 5.41) is 12.5. The molecule has 0 radical (unpaired) electrons. The van der Waals surface area contributed by atoms with Crippen LogP contribution in [0, 0.1) is 5.92 Å². The van der Waals surface area contributed by atoms with Crippen molar-refractivity contribution < 1.29 is 4.74 Å². The van der Waals surface area contributed by atoms with Crippen molar-refractivity contribution in [3.05, 3.63) is 5.82 Å². The Hall–Kier alpha value is -1.05. The third-order valence-corrected chi connectivity index (χ3v) is 5.69. The fraction of sp³-hybridized carbons (Fsp3) is 0.944. The fourth-order valence-electron chi connectivity index (χ4n) is 4.34. The summed E-state index contributed by atoms with van der Waals surface area (Å²) in [5.41, 5.74) is 0. The highest BCUT2D eigenvalue weighted by molar-refractivity contribution is 4.96. The number of hydrogen-bond donors (Lipinski definition) is 0. The van der Waals surface area contributed by atoms with E-state index in [1.54, 1.807) is 7.11 Å². The normalized spacial score (nSPS) is 22.1. The number of hydrogen-bond acceptors (Lipinski definition) is 6. The van der Waals surface area contributed by atoms with Gasteiger partial charge in [0.1, 0.15) is 0 Å². The monoisotopic (exact) mass is 350 g/mol. The minimum absolute atomic E-state index is 0.303. The van der Waals surface area contributed by atoms with Crippen molar-refractivity contribution in [1.82, 2.24) is 30.0 Å². The second-order valence-electron chi connectivity index (χ2n) is 7.91. The molecule has 2 heterocycles. The fourth-order valence-corrected chi connectivity index (χ4v) is 4.34. The summed E-state index contributed by atoms with van der Waals surface area (Å²) in [7, 11) is 1.72. The first-order chi connectivity index (χ1) is 12.2. The van der Waals surface area contributed by atoms with Gasteiger partial charge in [-0.2, -0.15) is 0 Å². The van der Waals surface area contributed by atoms with Crippen molar-refractivity contribution >= 4 is 0 Å². The van der Waals surface area contributed by atoms with Crippen molar-refractivity contribution in [1.29, 1.82) is 0 Å². The molecule has 0 N–H and O–H groups in total. The van der Waals surface area contributed by atoms with Gasteiger partial charge in [0.05, 0.1) is 19.2 Å². The average Bonchev–Trinajstić information content (AvgIpc) is 3.29. The summed E-state index contributed by atoms with van der Waals surface area (Å²) < 4.78 is 7.14. The summed E-state index contributed by atoms with van der Waals surface area (Å²) in [6, 6.07) is 1.13. The van der Waals surface area contributed by atoms with Crippen LogP contribution in [0.2, 0.25) is 0 Å². The lowest BCUT2D eigenvalue weighted by Crippen LogP contribution is -2.51. The van der Waals surface area contributed by atoms with E-state index in [0.29, 0.717) is 18.6 Å². The van der Waals surface area contributed by atoms with Crippen LogP contribution in [0.4, 0.5) is 0 Å². The van der Waals surface area contributed by atoms with Gasteiger partial charge in [-0.05, 0) is 35.6 Å². The van der Waals surface area contributed by atoms with Gasteiger partial charge in [0.15, 0.2) is 5.82 Å². The SMILES string of the molecule is COCCn1nnnc1C(CC(C)C)N1CCN(C2CCCC2)CC1. The Bertz CT molecular complexity index is 505. The van der Waals surface area contributed by atoms with E-state index in [1.165, 1.54) is 38.8 Å². The molecule has 0 aromatic carbocycles. The Labute approximate surface area is 151 Å². The van der Waals surface area contributed by atoms with Gasteiger partial charge in [0, 0.05) is 39.3 Å². The lowest BCUT2D eigenvalue weighted by molar-refractivity contribution is 0.0579. The molecule has 0 bridgehead atoms. The number of rotatable bonds is 8. The highest BCUT2D eigenvalue weighted by atomic mass is 16.5. The first-order valence-electron chi connectivity index (χ1n) is 9.92. The van der Waals surface area contributed by atoms with Crippen LogP contribution in [0.5, 0.6) is 0 Å². The van der Waals surface area contributed by atoms with Gasteiger partial charge in [-0.15, -0.1) is 5.10 Å². The molecule has 1 aromatic heterocycles. The van der Waals surface area contributed by atoms with E-state index >= 15 is 0 Å². The van der Waals surface area contributed by atoms with Crippen LogP contribution in [-0.4, -0.2) is 75.9 Å². The van der Waals surface area contributed by atoms with Crippen LogP contribution >= 0.6 is 0 Å². The lowest BCUT2D eigenvalue weighted by Gasteiger charge is -2.41. The zero-order chi connectivity index (χ0) is 17.6. The molecule has 1 atom stereocenters. The Morgan fingerprint density at radius 2 is 1.84 bits per heavy atom. The maximum atomic E-state index is 5.21. The van der Waals surface area contributed by atoms with Crippen LogP contribution in [0.25, 0.3) is 0 Å². The van der Waals surface area contributed by atoms with E-state index in [2.05, 4.69) is 39.2 Å². The predicted octanol–water partition coefficient (Wildman–Crippen LogP) is 1.97. The van der Waals surface area contributed by atoms with Crippen LogP contribution < -0.4 is 0 Å². The molecule has 2 aliphatic rings. The standard InChI is InChI=1S/C18H34N6O/c1-15(2)14-17(18-19-20-21-24(18)12-13-25-3)23-10-8-22(9-11-23)16-6-4-5-7-16/h15-17H,4-14H2,1-3H3. The van der Waals surface area contributed by atoms with Crippen molar-refractivity contribution in [2.75, 3.05) is 39.9 Å². The van der Waals surface area contributed by atoms with Crippen LogP contribution in [-0.2, 0) is 11.3 Å². The predicted molar refractivity (Wildman–Crippen MR) is 97.3 cm³/mol. The number of piperazine rings is 1. The largest absolute Gasteiger partial charge is 0.383 e. The highest BCUT2D eigenvalue weighted by Gasteiger charge is 2.32. The number of aromatic nitrogens is 4. The minimum atomic E-state index is 0.303. The van der Waals surface area contributed by atoms with Crippen molar-refractivity contribution in [2.45, 2.75) is 64.6 Å². The third kappa shape index (κ3) is 4.77. The van der Waals surface area contributed by atoms with E-state index in [1.807, 2.05) is 4.68 Å². The van der Waals surface area contributed by atoms with E-state index in [4.69, 9.17) is 4.74 Å². The van der Waals surface area contributed by atoms with E-state index in [9.17, 15) is 0 Å². The zero-order valence-electron chi connectivity index (χ0n) is 16.1. The molecule has 1 saturated carbocycles. The molecule has 1 aliphatic heterocycles. The number of ether oxygens (including phenoxy) is 1. The maximum Gasteiger partial charge on any atom is 0.168 e. The smallest absolute Gasteiger partial charge is 0.168 e. The summed E-state index contributed by atoms with van der Waals surface area (Å²) >= 11 is 0. The van der Waals surface area contributed by atoms with Gasteiger partial charge in [-0.25, -0.2) is 4.68 Å². The van der Waals surface area contributed by atoms with E-state index in [-0.39, 0.29) is 0 Å². The topological polar surface area (TPSA) is 59.3 Å². The van der Waals surface area contributed by atoms with Gasteiger partial charge in [-0.3, -0.25) is 9.80 Å². The molecule has 0 spiro atoms. The number of tetrazole rings is 1. The Morgan fingerprint density at radius 3 is 2.48 bits per heavy atom. The second-order valence-corrected chi connectivity index (χ2v) is 7.91. The van der Waals surface area contributed by atoms with Crippen molar-refractivity contribution in [3.8, 4) is 0 Å². The molecule has 1 aromatic rings. The molecule has 2 fully saturated rings. The lowest BCUT2D eigenvalue weighted by atomic mass is 10.0. The first-order valence-corrected chi connectivity index (χ1v) is 9.92. The highest BCUT2D eigenvalue weighted by Crippen LogP contribution is 2.29. The molecule has 1 saturated heterocycles. The summed E-state index contributed by atoms with van der Waals surface area (Å²) in [6.07, 6.45) is 6.70. The maximum absolute atomic E-state index is 5.21. The van der Waals surface area contributed by atoms with Gasteiger partial charge in [0.25, 0.3) is 0 Å². The van der Waals surface area contributed by atoms with Crippen LogP contribution in [0.1, 0.15) is 57.8 Å². The van der Waals surface area contributed by atoms with E-state index in [0.717, 1.165) is 37.9 Å². The van der Waals surface area contributed by atoms with Gasteiger partial charge in [0.2, 0.25) is 0 Å². The Balaban J connectivity index is 1.66. The van der Waals surface area contributed by atoms with Gasteiger partial charge < -0.3 is 4.74 Å². The molecule has 7 heteroatoms. The van der Waals surface area contributed by atoms with Gasteiger partial charge in [-0.1, -0.05) is 26.7 Å². The molecule has 3 rings (SSSR count). The summed E-state index contributed by atoms with van der Waals surface area (Å²) in [4.78, 5) is 5.31. The summed E-state index contributed by atoms with van der Waals surface area (Å²) in [5.74, 6) is 1.62. The molecule has 1 unspecified atom stereocenters. The van der Waals surface area contributed by atoms with Crippen molar-refractivity contribution in [3.63, 3.8) is 0 Å². The molecule has 0 amide bonds. The molecule has 142 valence electrons. The molecular formula is C18H34N6O. The van der Waals surface area contributed by atoms with E-state index < -0.39 is 0 Å². The quantitative estimate of drug-likeness (QED) is 0.714. The molecule has 25 heavy (non-hydrogen) atoms. The number of nitrogens with zero attached hydrogens (tertiary/aromatic N) is 6. The molecule has 1 aliphatic carbocycles.